The number of rotatable bonds is 6. The zero-order valence-electron chi connectivity index (χ0n) is 20.3. The first-order valence-electron chi connectivity index (χ1n) is 11.9. The van der Waals surface area contributed by atoms with Crippen LogP contribution < -0.4 is 9.47 Å². The highest BCUT2D eigenvalue weighted by molar-refractivity contribution is 7.75. The van der Waals surface area contributed by atoms with Crippen LogP contribution >= 0.6 is 0 Å². The lowest BCUT2D eigenvalue weighted by Gasteiger charge is -2.44. The van der Waals surface area contributed by atoms with Gasteiger partial charge in [0, 0.05) is 31.3 Å². The number of hydrogen-bond acceptors (Lipinski definition) is 6. The van der Waals surface area contributed by atoms with E-state index in [2.05, 4.69) is 20.8 Å². The van der Waals surface area contributed by atoms with Crippen molar-refractivity contribution in [3.8, 4) is 11.5 Å². The van der Waals surface area contributed by atoms with Crippen molar-refractivity contribution < 1.29 is 31.9 Å². The van der Waals surface area contributed by atoms with Crippen LogP contribution in [0.4, 0.5) is 4.79 Å². The zero-order chi connectivity index (χ0) is 25.0. The van der Waals surface area contributed by atoms with Crippen LogP contribution in [0, 0.1) is 5.41 Å². The van der Waals surface area contributed by atoms with E-state index in [0.29, 0.717) is 39.2 Å². The fourth-order valence-corrected chi connectivity index (χ4v) is 5.12. The third kappa shape index (κ3) is 6.74. The predicted octanol–water partition coefficient (Wildman–Crippen LogP) is 4.91. The van der Waals surface area contributed by atoms with E-state index in [0.717, 1.165) is 22.6 Å². The average molecular weight is 504 g/mol. The molecule has 2 aromatic rings. The molecule has 8 nitrogen and oxygen atoms in total. The highest BCUT2D eigenvalue weighted by Gasteiger charge is 2.39. The number of nitrogens with zero attached hydrogens (tertiary/aromatic N) is 1. The normalized spacial score (nSPS) is 25.2. The average Bonchev–Trinajstić information content (AvgIpc) is 2.84. The molecule has 1 amide bonds. The Kier molecular flexibility index (Phi) is 7.98. The second kappa shape index (κ2) is 11.0. The van der Waals surface area contributed by atoms with E-state index in [1.54, 1.807) is 4.90 Å². The smallest absolute Gasteiger partial charge is 0.407 e. The molecular formula is C26H33NO7S. The van der Waals surface area contributed by atoms with Gasteiger partial charge >= 0.3 is 17.5 Å². The minimum Gasteiger partial charge on any atom is -0.490 e. The van der Waals surface area contributed by atoms with Gasteiger partial charge in [0.05, 0.1) is 13.2 Å². The van der Waals surface area contributed by atoms with Crippen molar-refractivity contribution in [1.82, 2.24) is 4.90 Å². The molecule has 2 saturated heterocycles. The molecule has 4 rings (SSSR count). The largest absolute Gasteiger partial charge is 0.490 e. The molecule has 0 unspecified atom stereocenters. The summed E-state index contributed by atoms with van der Waals surface area (Å²) in [6.07, 6.45) is 0.470. The van der Waals surface area contributed by atoms with E-state index in [4.69, 9.17) is 17.8 Å². The molecule has 2 aliphatic rings. The molecule has 1 N–H and O–H groups in total. The third-order valence-electron chi connectivity index (χ3n) is 6.51. The molecule has 9 heteroatoms. The first-order chi connectivity index (χ1) is 16.7. The molecule has 190 valence electrons. The van der Waals surface area contributed by atoms with E-state index in [9.17, 15) is 14.1 Å². The first-order valence-corrected chi connectivity index (χ1v) is 12.9. The summed E-state index contributed by atoms with van der Waals surface area (Å²) in [6, 6.07) is 15.5. The van der Waals surface area contributed by atoms with Crippen molar-refractivity contribution in [3.05, 3.63) is 59.7 Å². The Morgan fingerprint density at radius 2 is 1.69 bits per heavy atom. The maximum absolute atomic E-state index is 11.6. The molecule has 2 heterocycles. The molecule has 0 radical (unpaired) electrons. The van der Waals surface area contributed by atoms with Gasteiger partial charge in [-0.05, 0) is 40.8 Å². The summed E-state index contributed by atoms with van der Waals surface area (Å²) < 4.78 is 33.4. The van der Waals surface area contributed by atoms with E-state index < -0.39 is 17.5 Å². The topological polar surface area (TPSA) is 94.5 Å². The number of carbonyl (C=O) groups is 1. The third-order valence-corrected chi connectivity index (χ3v) is 7.17. The van der Waals surface area contributed by atoms with Gasteiger partial charge < -0.3 is 19.5 Å². The Morgan fingerprint density at radius 3 is 2.29 bits per heavy atom. The Hall–Kier alpha value is -2.62. The van der Waals surface area contributed by atoms with Crippen LogP contribution in [-0.4, -0.2) is 52.2 Å². The number of amides is 1. The van der Waals surface area contributed by atoms with Crippen molar-refractivity contribution in [2.45, 2.75) is 58.3 Å². The monoisotopic (exact) mass is 503 g/mol. The molecule has 0 aliphatic carbocycles. The molecule has 0 spiro atoms. The molecule has 0 aromatic heterocycles. The summed E-state index contributed by atoms with van der Waals surface area (Å²) in [5, 5.41) is 9.55. The molecule has 35 heavy (non-hydrogen) atoms. The Labute approximate surface area is 209 Å². The number of piperidine rings is 1. The van der Waals surface area contributed by atoms with Gasteiger partial charge in [-0.25, -0.2) is 4.79 Å². The zero-order valence-corrected chi connectivity index (χ0v) is 21.2. The molecule has 2 aromatic carbocycles. The van der Waals surface area contributed by atoms with E-state index in [-0.39, 0.29) is 23.5 Å². The van der Waals surface area contributed by atoms with E-state index in [1.165, 1.54) is 0 Å². The lowest BCUT2D eigenvalue weighted by molar-refractivity contribution is 0.0130. The van der Waals surface area contributed by atoms with Crippen molar-refractivity contribution in [3.63, 3.8) is 0 Å². The van der Waals surface area contributed by atoms with Crippen LogP contribution in [-0.2, 0) is 26.3 Å². The summed E-state index contributed by atoms with van der Waals surface area (Å²) in [5.74, 6) is 1.59. The Balaban J connectivity index is 1.28. The van der Waals surface area contributed by atoms with Gasteiger partial charge in [0.25, 0.3) is 0 Å². The molecule has 0 saturated carbocycles. The van der Waals surface area contributed by atoms with Crippen LogP contribution in [0.25, 0.3) is 0 Å². The maximum Gasteiger partial charge on any atom is 0.407 e. The lowest BCUT2D eigenvalue weighted by Crippen LogP contribution is -2.53. The van der Waals surface area contributed by atoms with Crippen LogP contribution in [0.15, 0.2) is 48.5 Å². The van der Waals surface area contributed by atoms with Crippen molar-refractivity contribution >= 4 is 17.5 Å². The SMILES string of the molecule is CC(C)(C)[C@H]1C[C@@H](Oc2ccc(COc3ccc(C4COS(=O)OC4)cc3)cc2)CCN1C(=O)O. The second-order valence-electron chi connectivity index (χ2n) is 10.1. The standard InChI is InChI=1S/C26H33NO7S/c1-26(2,3)24-14-23(12-13-27(24)25(28)29)34-22-8-4-18(5-9-22)15-31-21-10-6-19(7-11-21)20-16-32-35(30)33-17-20/h4-11,20,23-24H,12-17H2,1-3H3,(H,28,29)/t20?,23-,24+,35?/m0/s1. The van der Waals surface area contributed by atoms with Crippen molar-refractivity contribution in [1.29, 1.82) is 0 Å². The maximum atomic E-state index is 11.6. The van der Waals surface area contributed by atoms with Gasteiger partial charge in [0.2, 0.25) is 0 Å². The van der Waals surface area contributed by atoms with Gasteiger partial charge in [0.15, 0.2) is 0 Å². The number of ether oxygens (including phenoxy) is 2. The predicted molar refractivity (Wildman–Crippen MR) is 132 cm³/mol. The minimum absolute atomic E-state index is 0.0181. The highest BCUT2D eigenvalue weighted by Crippen LogP contribution is 2.34. The van der Waals surface area contributed by atoms with E-state index >= 15 is 0 Å². The van der Waals surface area contributed by atoms with Crippen LogP contribution in [0.1, 0.15) is 50.7 Å². The van der Waals surface area contributed by atoms with Crippen molar-refractivity contribution in [2.24, 2.45) is 5.41 Å². The molecule has 2 fully saturated rings. The summed E-state index contributed by atoms with van der Waals surface area (Å²) in [7, 11) is 0. The first kappa shape index (κ1) is 25.5. The molecule has 0 bridgehead atoms. The Bertz CT molecular complexity index is 1010. The van der Waals surface area contributed by atoms with Crippen LogP contribution in [0.3, 0.4) is 0 Å². The van der Waals surface area contributed by atoms with Crippen LogP contribution in [0.2, 0.25) is 0 Å². The highest BCUT2D eigenvalue weighted by atomic mass is 32.2. The second-order valence-corrected chi connectivity index (χ2v) is 11.0. The number of benzene rings is 2. The lowest BCUT2D eigenvalue weighted by atomic mass is 9.80. The fraction of sp³-hybridized carbons (Fsp3) is 0.500. The Morgan fingerprint density at radius 1 is 1.06 bits per heavy atom. The van der Waals surface area contributed by atoms with Gasteiger partial charge in [-0.3, -0.25) is 8.37 Å². The van der Waals surface area contributed by atoms with Gasteiger partial charge in [-0.2, -0.15) is 4.21 Å². The van der Waals surface area contributed by atoms with Crippen molar-refractivity contribution in [2.75, 3.05) is 19.8 Å². The quantitative estimate of drug-likeness (QED) is 0.598. The number of carboxylic acid groups (broad SMARTS) is 1. The molecule has 2 atom stereocenters. The summed E-state index contributed by atoms with van der Waals surface area (Å²) >= 11 is -1.63. The fourth-order valence-electron chi connectivity index (χ4n) is 4.50. The van der Waals surface area contributed by atoms with Gasteiger partial charge in [0.1, 0.15) is 24.2 Å². The van der Waals surface area contributed by atoms with E-state index in [1.807, 2.05) is 48.5 Å². The molecule has 2 aliphatic heterocycles. The van der Waals surface area contributed by atoms with Gasteiger partial charge in [-0.1, -0.05) is 45.0 Å². The molecular weight excluding hydrogens is 470 g/mol. The minimum atomic E-state index is -1.63. The number of likely N-dealkylation sites (tertiary alicyclic amines) is 1. The van der Waals surface area contributed by atoms with Gasteiger partial charge in [-0.15, -0.1) is 0 Å². The number of hydrogen-bond donors (Lipinski definition) is 1. The van der Waals surface area contributed by atoms with Crippen LogP contribution in [0.5, 0.6) is 11.5 Å². The summed E-state index contributed by atoms with van der Waals surface area (Å²) in [4.78, 5) is 13.2. The summed E-state index contributed by atoms with van der Waals surface area (Å²) in [5.41, 5.74) is 1.92. The summed E-state index contributed by atoms with van der Waals surface area (Å²) in [6.45, 7) is 7.86.